The Labute approximate surface area is 165 Å². The summed E-state index contributed by atoms with van der Waals surface area (Å²) in [6.07, 6.45) is 2.70. The van der Waals surface area contributed by atoms with Gasteiger partial charge in [-0.15, -0.1) is 0 Å². The Kier molecular flexibility index (Phi) is 6.07. The van der Waals surface area contributed by atoms with Crippen LogP contribution in [-0.2, 0) is 16.6 Å². The number of ether oxygens (including phenoxy) is 2. The molecule has 0 bridgehead atoms. The zero-order valence-corrected chi connectivity index (χ0v) is 16.7. The van der Waals surface area contributed by atoms with E-state index in [2.05, 4.69) is 6.19 Å². The van der Waals surface area contributed by atoms with Gasteiger partial charge in [-0.1, -0.05) is 30.3 Å². The highest BCUT2D eigenvalue weighted by atomic mass is 32.2. The number of methoxy groups -OCH3 is 2. The topological polar surface area (TPSA) is 82.9 Å². The van der Waals surface area contributed by atoms with Crippen molar-refractivity contribution in [3.05, 3.63) is 54.1 Å². The number of rotatable bonds is 7. The molecule has 0 N–H and O–H groups in total. The Morgan fingerprint density at radius 2 is 1.93 bits per heavy atom. The van der Waals surface area contributed by atoms with Crippen molar-refractivity contribution in [3.8, 4) is 17.7 Å². The second-order valence-corrected chi connectivity index (χ2v) is 8.40. The van der Waals surface area contributed by atoms with Gasteiger partial charge in [0.2, 0.25) is 10.0 Å². The Bertz CT molecular complexity index is 957. The highest BCUT2D eigenvalue weighted by Crippen LogP contribution is 2.33. The van der Waals surface area contributed by atoms with Crippen LogP contribution in [-0.4, -0.2) is 51.0 Å². The first-order chi connectivity index (χ1) is 13.5. The zero-order chi connectivity index (χ0) is 20.1. The fraction of sp³-hybridized carbons (Fsp3) is 0.350. The molecule has 1 fully saturated rings. The number of benzene rings is 2. The minimum Gasteiger partial charge on any atom is -0.497 e. The van der Waals surface area contributed by atoms with Crippen molar-refractivity contribution >= 4 is 10.0 Å². The molecule has 0 saturated carbocycles. The number of nitrogens with zero attached hydrogens (tertiary/aromatic N) is 3. The predicted molar refractivity (Wildman–Crippen MR) is 104 cm³/mol. The van der Waals surface area contributed by atoms with Crippen LogP contribution in [0.3, 0.4) is 0 Å². The van der Waals surface area contributed by atoms with Crippen LogP contribution < -0.4 is 9.47 Å². The first kappa shape index (κ1) is 20.0. The molecule has 2 aromatic carbocycles. The Morgan fingerprint density at radius 1 is 1.18 bits per heavy atom. The Balaban J connectivity index is 2.05. The van der Waals surface area contributed by atoms with Gasteiger partial charge in [-0.05, 0) is 24.1 Å². The molecule has 1 aliphatic rings. The third-order valence-corrected chi connectivity index (χ3v) is 6.77. The molecule has 148 valence electrons. The van der Waals surface area contributed by atoms with Crippen LogP contribution >= 0.6 is 0 Å². The van der Waals surface area contributed by atoms with Crippen LogP contribution in [0.15, 0.2) is 53.4 Å². The molecule has 1 unspecified atom stereocenters. The van der Waals surface area contributed by atoms with Crippen molar-refractivity contribution in [1.29, 1.82) is 5.26 Å². The average Bonchev–Trinajstić information content (AvgIpc) is 3.21. The van der Waals surface area contributed by atoms with Gasteiger partial charge in [0.25, 0.3) is 0 Å². The normalized spacial score (nSPS) is 16.8. The van der Waals surface area contributed by atoms with Crippen molar-refractivity contribution < 1.29 is 17.9 Å². The highest BCUT2D eigenvalue weighted by Gasteiger charge is 2.37. The van der Waals surface area contributed by atoms with E-state index in [1.165, 1.54) is 24.6 Å². The van der Waals surface area contributed by atoms with Crippen molar-refractivity contribution in [1.82, 2.24) is 9.21 Å². The molecule has 3 rings (SSSR count). The molecule has 0 aliphatic carbocycles. The van der Waals surface area contributed by atoms with Gasteiger partial charge in [-0.25, -0.2) is 8.42 Å². The molecule has 28 heavy (non-hydrogen) atoms. The van der Waals surface area contributed by atoms with E-state index in [9.17, 15) is 13.7 Å². The standard InChI is InChI=1S/C20H23N3O4S/c1-26-18-8-9-19(27-2)20(12-18)28(24,25)23(13-16-6-4-3-5-7-16)17-10-11-22(14-17)15-21/h3-9,12,17H,10-11,13-14H2,1-2H3. The van der Waals surface area contributed by atoms with E-state index < -0.39 is 10.0 Å². The lowest BCUT2D eigenvalue weighted by molar-refractivity contribution is 0.311. The lowest BCUT2D eigenvalue weighted by Gasteiger charge is -2.28. The maximum absolute atomic E-state index is 13.7. The smallest absolute Gasteiger partial charge is 0.247 e. The summed E-state index contributed by atoms with van der Waals surface area (Å²) >= 11 is 0. The first-order valence-corrected chi connectivity index (χ1v) is 10.4. The van der Waals surface area contributed by atoms with Crippen LogP contribution in [0.1, 0.15) is 12.0 Å². The summed E-state index contributed by atoms with van der Waals surface area (Å²) in [5.41, 5.74) is 0.878. The van der Waals surface area contributed by atoms with Gasteiger partial charge in [0.1, 0.15) is 16.4 Å². The molecule has 1 heterocycles. The molecule has 0 radical (unpaired) electrons. The first-order valence-electron chi connectivity index (χ1n) is 8.92. The number of sulfonamides is 1. The molecule has 0 spiro atoms. The summed E-state index contributed by atoms with van der Waals surface area (Å²) in [4.78, 5) is 1.64. The quantitative estimate of drug-likeness (QED) is 0.663. The molecular weight excluding hydrogens is 378 g/mol. The van der Waals surface area contributed by atoms with Gasteiger partial charge < -0.3 is 14.4 Å². The van der Waals surface area contributed by atoms with Crippen LogP contribution in [0.2, 0.25) is 0 Å². The molecule has 1 atom stereocenters. The van der Waals surface area contributed by atoms with Crippen molar-refractivity contribution in [2.24, 2.45) is 0 Å². The van der Waals surface area contributed by atoms with Crippen LogP contribution in [0.25, 0.3) is 0 Å². The average molecular weight is 401 g/mol. The van der Waals surface area contributed by atoms with E-state index in [0.717, 1.165) is 5.56 Å². The minimum absolute atomic E-state index is 0.0562. The van der Waals surface area contributed by atoms with Crippen LogP contribution in [0.5, 0.6) is 11.5 Å². The van der Waals surface area contributed by atoms with Crippen molar-refractivity contribution in [2.75, 3.05) is 27.3 Å². The predicted octanol–water partition coefficient (Wildman–Crippen LogP) is 2.45. The van der Waals surface area contributed by atoms with E-state index in [0.29, 0.717) is 25.3 Å². The van der Waals surface area contributed by atoms with Gasteiger partial charge in [0, 0.05) is 31.7 Å². The zero-order valence-electron chi connectivity index (χ0n) is 15.9. The van der Waals surface area contributed by atoms with E-state index in [-0.39, 0.29) is 23.2 Å². The number of hydrogen-bond donors (Lipinski definition) is 0. The van der Waals surface area contributed by atoms with E-state index in [1.54, 1.807) is 17.0 Å². The molecule has 0 amide bonds. The second kappa shape index (κ2) is 8.50. The van der Waals surface area contributed by atoms with Gasteiger partial charge in [-0.2, -0.15) is 9.57 Å². The number of hydrogen-bond acceptors (Lipinski definition) is 6. The van der Waals surface area contributed by atoms with Crippen molar-refractivity contribution in [3.63, 3.8) is 0 Å². The highest BCUT2D eigenvalue weighted by molar-refractivity contribution is 7.89. The molecule has 7 nitrogen and oxygen atoms in total. The van der Waals surface area contributed by atoms with Gasteiger partial charge in [-0.3, -0.25) is 0 Å². The van der Waals surface area contributed by atoms with Gasteiger partial charge >= 0.3 is 0 Å². The maximum Gasteiger partial charge on any atom is 0.247 e. The third kappa shape index (κ3) is 4.06. The molecule has 8 heteroatoms. The monoisotopic (exact) mass is 401 g/mol. The summed E-state index contributed by atoms with van der Waals surface area (Å²) in [5.74, 6) is 0.693. The largest absolute Gasteiger partial charge is 0.497 e. The minimum atomic E-state index is -3.90. The van der Waals surface area contributed by atoms with E-state index in [1.807, 2.05) is 30.3 Å². The molecule has 1 aliphatic heterocycles. The lowest BCUT2D eigenvalue weighted by atomic mass is 10.2. The summed E-state index contributed by atoms with van der Waals surface area (Å²) in [6.45, 7) is 1.12. The van der Waals surface area contributed by atoms with Gasteiger partial charge in [0.05, 0.1) is 14.2 Å². The van der Waals surface area contributed by atoms with E-state index >= 15 is 0 Å². The van der Waals surface area contributed by atoms with E-state index in [4.69, 9.17) is 9.47 Å². The summed E-state index contributed by atoms with van der Waals surface area (Å²) in [5, 5.41) is 9.20. The molecule has 2 aromatic rings. The SMILES string of the molecule is COc1ccc(OC)c(S(=O)(=O)N(Cc2ccccc2)C2CCN(C#N)C2)c1. The summed E-state index contributed by atoms with van der Waals surface area (Å²) < 4.78 is 39.3. The summed E-state index contributed by atoms with van der Waals surface area (Å²) in [7, 11) is -0.970. The van der Waals surface area contributed by atoms with Crippen LogP contribution in [0, 0.1) is 11.5 Å². The maximum atomic E-state index is 13.7. The molecule has 0 aromatic heterocycles. The van der Waals surface area contributed by atoms with Crippen molar-refractivity contribution in [2.45, 2.75) is 23.9 Å². The third-order valence-electron chi connectivity index (χ3n) is 4.85. The van der Waals surface area contributed by atoms with Crippen LogP contribution in [0.4, 0.5) is 0 Å². The fourth-order valence-corrected chi connectivity index (χ4v) is 5.16. The second-order valence-electron chi connectivity index (χ2n) is 6.54. The lowest BCUT2D eigenvalue weighted by Crippen LogP contribution is -2.41. The Hall–Kier alpha value is -2.76. The molecular formula is C20H23N3O4S. The fourth-order valence-electron chi connectivity index (χ4n) is 3.35. The molecule has 1 saturated heterocycles. The summed E-state index contributed by atoms with van der Waals surface area (Å²) in [6, 6.07) is 13.8. The number of likely N-dealkylation sites (tertiary alicyclic amines) is 1. The Morgan fingerprint density at radius 3 is 2.54 bits per heavy atom. The van der Waals surface area contributed by atoms with Gasteiger partial charge in [0.15, 0.2) is 6.19 Å². The number of nitriles is 1.